The average Bonchev–Trinajstić information content (AvgIpc) is 3.01. The number of nitrogens with one attached hydrogen (secondary N) is 1. The van der Waals surface area contributed by atoms with E-state index in [1.165, 1.54) is 12.8 Å². The molecule has 5 heteroatoms. The summed E-state index contributed by atoms with van der Waals surface area (Å²) in [7, 11) is 1.68. The molecule has 1 unspecified atom stereocenters. The third-order valence-corrected chi connectivity index (χ3v) is 2.55. The SMILES string of the molecule is C#CCNCc1nc(C(OC)C2CC2)no1. The van der Waals surface area contributed by atoms with Gasteiger partial charge in [0.05, 0.1) is 13.1 Å². The fourth-order valence-corrected chi connectivity index (χ4v) is 1.60. The maximum Gasteiger partial charge on any atom is 0.240 e. The second kappa shape index (κ2) is 5.10. The van der Waals surface area contributed by atoms with Crippen molar-refractivity contribution in [3.05, 3.63) is 11.7 Å². The number of rotatable bonds is 6. The first-order valence-corrected chi connectivity index (χ1v) is 5.34. The highest BCUT2D eigenvalue weighted by Gasteiger charge is 2.35. The van der Waals surface area contributed by atoms with Crippen molar-refractivity contribution < 1.29 is 9.26 Å². The van der Waals surface area contributed by atoms with Crippen molar-refractivity contribution in [2.45, 2.75) is 25.5 Å². The van der Waals surface area contributed by atoms with E-state index >= 15 is 0 Å². The highest BCUT2D eigenvalue weighted by Crippen LogP contribution is 2.41. The molecule has 0 saturated heterocycles. The van der Waals surface area contributed by atoms with E-state index in [9.17, 15) is 0 Å². The molecule has 1 N–H and O–H groups in total. The standard InChI is InChI=1S/C11H15N3O2/c1-3-6-12-7-9-13-11(14-16-9)10(15-2)8-4-5-8/h1,8,10,12H,4-7H2,2H3. The number of hydrogen-bond donors (Lipinski definition) is 1. The molecule has 2 rings (SSSR count). The lowest BCUT2D eigenvalue weighted by Gasteiger charge is -2.08. The van der Waals surface area contributed by atoms with Gasteiger partial charge in [0.1, 0.15) is 6.10 Å². The zero-order valence-corrected chi connectivity index (χ0v) is 9.27. The average molecular weight is 221 g/mol. The minimum Gasteiger partial charge on any atom is -0.373 e. The fourth-order valence-electron chi connectivity index (χ4n) is 1.60. The highest BCUT2D eigenvalue weighted by molar-refractivity contribution is 4.98. The van der Waals surface area contributed by atoms with E-state index in [0.717, 1.165) is 0 Å². The third kappa shape index (κ3) is 2.60. The van der Waals surface area contributed by atoms with Gasteiger partial charge in [-0.1, -0.05) is 11.1 Å². The summed E-state index contributed by atoms with van der Waals surface area (Å²) in [6.45, 7) is 0.992. The quantitative estimate of drug-likeness (QED) is 0.571. The second-order valence-electron chi connectivity index (χ2n) is 3.85. The molecule has 0 bridgehead atoms. The maximum absolute atomic E-state index is 5.36. The van der Waals surface area contributed by atoms with Gasteiger partial charge in [0.25, 0.3) is 0 Å². The molecule has 0 amide bonds. The molecule has 86 valence electrons. The Kier molecular flexibility index (Phi) is 3.54. The molecule has 1 fully saturated rings. The summed E-state index contributed by atoms with van der Waals surface area (Å²) in [4.78, 5) is 4.28. The molecule has 1 aliphatic rings. The van der Waals surface area contributed by atoms with Gasteiger partial charge >= 0.3 is 0 Å². The Balaban J connectivity index is 1.93. The van der Waals surface area contributed by atoms with Gasteiger partial charge in [-0.25, -0.2) is 0 Å². The maximum atomic E-state index is 5.36. The monoisotopic (exact) mass is 221 g/mol. The van der Waals surface area contributed by atoms with Gasteiger partial charge in [-0.15, -0.1) is 6.42 Å². The second-order valence-corrected chi connectivity index (χ2v) is 3.85. The van der Waals surface area contributed by atoms with E-state index < -0.39 is 0 Å². The van der Waals surface area contributed by atoms with Gasteiger partial charge in [0.15, 0.2) is 0 Å². The molecule has 1 aliphatic carbocycles. The third-order valence-electron chi connectivity index (χ3n) is 2.55. The number of hydrogen-bond acceptors (Lipinski definition) is 5. The smallest absolute Gasteiger partial charge is 0.240 e. The highest BCUT2D eigenvalue weighted by atomic mass is 16.5. The molecule has 1 heterocycles. The van der Waals surface area contributed by atoms with Crippen LogP contribution >= 0.6 is 0 Å². The molecule has 0 radical (unpaired) electrons. The van der Waals surface area contributed by atoms with Crippen LogP contribution in [-0.4, -0.2) is 23.8 Å². The zero-order valence-electron chi connectivity index (χ0n) is 9.27. The summed E-state index contributed by atoms with van der Waals surface area (Å²) < 4.78 is 10.5. The first-order chi connectivity index (χ1) is 7.85. The van der Waals surface area contributed by atoms with Crippen molar-refractivity contribution >= 4 is 0 Å². The van der Waals surface area contributed by atoms with Crippen LogP contribution in [0.1, 0.15) is 30.7 Å². The van der Waals surface area contributed by atoms with Gasteiger partial charge in [0.2, 0.25) is 11.7 Å². The number of nitrogens with zero attached hydrogens (tertiary/aromatic N) is 2. The van der Waals surface area contributed by atoms with Gasteiger partial charge in [-0.05, 0) is 18.8 Å². The summed E-state index contributed by atoms with van der Waals surface area (Å²) in [5.41, 5.74) is 0. The van der Waals surface area contributed by atoms with Crippen LogP contribution < -0.4 is 5.32 Å². The van der Waals surface area contributed by atoms with Gasteiger partial charge in [-0.3, -0.25) is 5.32 Å². The lowest BCUT2D eigenvalue weighted by atomic mass is 10.2. The van der Waals surface area contributed by atoms with E-state index in [1.54, 1.807) is 7.11 Å². The van der Waals surface area contributed by atoms with Crippen LogP contribution in [0.2, 0.25) is 0 Å². The van der Waals surface area contributed by atoms with E-state index in [1.807, 2.05) is 0 Å². The predicted molar refractivity (Wildman–Crippen MR) is 57.3 cm³/mol. The van der Waals surface area contributed by atoms with Crippen molar-refractivity contribution in [2.75, 3.05) is 13.7 Å². The van der Waals surface area contributed by atoms with Crippen LogP contribution in [0.4, 0.5) is 0 Å². The molecule has 0 aliphatic heterocycles. The van der Waals surface area contributed by atoms with Crippen LogP contribution in [-0.2, 0) is 11.3 Å². The molecule has 5 nitrogen and oxygen atoms in total. The Morgan fingerprint density at radius 2 is 2.50 bits per heavy atom. The number of aromatic nitrogens is 2. The topological polar surface area (TPSA) is 60.2 Å². The van der Waals surface area contributed by atoms with Crippen LogP contribution in [0, 0.1) is 18.3 Å². The van der Waals surface area contributed by atoms with Gasteiger partial charge < -0.3 is 9.26 Å². The predicted octanol–water partition coefficient (Wildman–Crippen LogP) is 0.890. The minimum atomic E-state index is -0.0230. The Morgan fingerprint density at radius 3 is 3.12 bits per heavy atom. The van der Waals surface area contributed by atoms with E-state index in [-0.39, 0.29) is 6.10 Å². The molecular formula is C11H15N3O2. The first kappa shape index (κ1) is 11.1. The molecule has 0 aromatic carbocycles. The van der Waals surface area contributed by atoms with Crippen molar-refractivity contribution in [1.82, 2.24) is 15.5 Å². The van der Waals surface area contributed by atoms with E-state index in [0.29, 0.717) is 30.7 Å². The van der Waals surface area contributed by atoms with E-state index in [2.05, 4.69) is 21.4 Å². The van der Waals surface area contributed by atoms with Gasteiger partial charge in [0, 0.05) is 7.11 Å². The lowest BCUT2D eigenvalue weighted by Crippen LogP contribution is -2.13. The normalized spacial score (nSPS) is 17.0. The molecule has 1 atom stereocenters. The number of terminal acetylenes is 1. The molecule has 16 heavy (non-hydrogen) atoms. The molecular weight excluding hydrogens is 206 g/mol. The number of methoxy groups -OCH3 is 1. The van der Waals surface area contributed by atoms with Crippen LogP contribution in [0.25, 0.3) is 0 Å². The van der Waals surface area contributed by atoms with E-state index in [4.69, 9.17) is 15.7 Å². The number of ether oxygens (including phenoxy) is 1. The largest absolute Gasteiger partial charge is 0.373 e. The minimum absolute atomic E-state index is 0.0230. The Hall–Kier alpha value is -1.38. The fraction of sp³-hybridized carbons (Fsp3) is 0.636. The van der Waals surface area contributed by atoms with Crippen molar-refractivity contribution in [3.63, 3.8) is 0 Å². The Labute approximate surface area is 94.6 Å². The molecule has 1 saturated carbocycles. The zero-order chi connectivity index (χ0) is 11.4. The summed E-state index contributed by atoms with van der Waals surface area (Å²) in [6.07, 6.45) is 7.45. The Bertz CT molecular complexity index is 379. The van der Waals surface area contributed by atoms with Crippen molar-refractivity contribution in [1.29, 1.82) is 0 Å². The summed E-state index contributed by atoms with van der Waals surface area (Å²) in [5.74, 6) is 4.22. The summed E-state index contributed by atoms with van der Waals surface area (Å²) >= 11 is 0. The first-order valence-electron chi connectivity index (χ1n) is 5.34. The molecule has 1 aromatic heterocycles. The lowest BCUT2D eigenvalue weighted by molar-refractivity contribution is 0.0751. The summed E-state index contributed by atoms with van der Waals surface area (Å²) in [5, 5.41) is 6.92. The molecule has 1 aromatic rings. The van der Waals surface area contributed by atoms with Crippen LogP contribution in [0.5, 0.6) is 0 Å². The Morgan fingerprint density at radius 1 is 1.69 bits per heavy atom. The van der Waals surface area contributed by atoms with Crippen molar-refractivity contribution in [2.24, 2.45) is 5.92 Å². The molecule has 0 spiro atoms. The van der Waals surface area contributed by atoms with Crippen molar-refractivity contribution in [3.8, 4) is 12.3 Å². The van der Waals surface area contributed by atoms with Crippen LogP contribution in [0.15, 0.2) is 4.52 Å². The van der Waals surface area contributed by atoms with Gasteiger partial charge in [-0.2, -0.15) is 4.98 Å². The summed E-state index contributed by atoms with van der Waals surface area (Å²) in [6, 6.07) is 0. The van der Waals surface area contributed by atoms with Crippen LogP contribution in [0.3, 0.4) is 0 Å².